The third kappa shape index (κ3) is 1.92. The topological polar surface area (TPSA) is 33.1 Å². The molecule has 0 amide bonds. The van der Waals surface area contributed by atoms with Crippen molar-refractivity contribution in [2.45, 2.75) is 6.42 Å². The Hall–Kier alpha value is -1.37. The molecule has 0 aliphatic rings. The van der Waals surface area contributed by atoms with Gasteiger partial charge in [-0.3, -0.25) is 0 Å². The summed E-state index contributed by atoms with van der Waals surface area (Å²) in [7, 11) is 0. The number of fused-ring (bicyclic) bond motifs is 1. The van der Waals surface area contributed by atoms with Crippen LogP contribution in [0.4, 0.5) is 0 Å². The summed E-state index contributed by atoms with van der Waals surface area (Å²) in [4.78, 5) is 4.19. The number of aliphatic hydroxyl groups is 1. The Balaban J connectivity index is 2.31. The standard InChI is InChI=1S/C11H9NOS/c13-6-2-1-3-9-4-5-10-11(7-9)14-8-12-10/h4-5,7-8,13H,2,6H2. The molecule has 0 fully saturated rings. The summed E-state index contributed by atoms with van der Waals surface area (Å²) in [6, 6.07) is 5.94. The zero-order chi connectivity index (χ0) is 9.80. The van der Waals surface area contributed by atoms with Gasteiger partial charge in [0.15, 0.2) is 0 Å². The molecular weight excluding hydrogens is 194 g/mol. The SMILES string of the molecule is OCCC#Cc1ccc2ncsc2c1. The van der Waals surface area contributed by atoms with Crippen molar-refractivity contribution in [1.29, 1.82) is 0 Å². The van der Waals surface area contributed by atoms with E-state index in [4.69, 9.17) is 5.11 Å². The molecule has 0 atom stereocenters. The predicted molar refractivity (Wildman–Crippen MR) is 58.2 cm³/mol. The molecule has 0 spiro atoms. The van der Waals surface area contributed by atoms with E-state index in [1.165, 1.54) is 0 Å². The van der Waals surface area contributed by atoms with Crippen molar-refractivity contribution < 1.29 is 5.11 Å². The lowest BCUT2D eigenvalue weighted by Gasteiger charge is -1.89. The zero-order valence-corrected chi connectivity index (χ0v) is 8.34. The van der Waals surface area contributed by atoms with Crippen molar-refractivity contribution in [1.82, 2.24) is 4.98 Å². The molecule has 1 aromatic heterocycles. The minimum absolute atomic E-state index is 0.121. The molecule has 1 heterocycles. The largest absolute Gasteiger partial charge is 0.395 e. The molecule has 2 rings (SSSR count). The van der Waals surface area contributed by atoms with Crippen molar-refractivity contribution in [3.8, 4) is 11.8 Å². The zero-order valence-electron chi connectivity index (χ0n) is 7.53. The molecule has 1 N–H and O–H groups in total. The number of rotatable bonds is 1. The highest BCUT2D eigenvalue weighted by atomic mass is 32.1. The van der Waals surface area contributed by atoms with Gasteiger partial charge in [-0.2, -0.15) is 0 Å². The summed E-state index contributed by atoms with van der Waals surface area (Å²) in [5.74, 6) is 5.89. The summed E-state index contributed by atoms with van der Waals surface area (Å²) in [6.07, 6.45) is 0.528. The van der Waals surface area contributed by atoms with Gasteiger partial charge >= 0.3 is 0 Å². The van der Waals surface area contributed by atoms with Crippen LogP contribution in [0.1, 0.15) is 12.0 Å². The molecule has 0 bridgehead atoms. The molecule has 0 aliphatic carbocycles. The van der Waals surface area contributed by atoms with Crippen LogP contribution < -0.4 is 0 Å². The lowest BCUT2D eigenvalue weighted by atomic mass is 10.2. The van der Waals surface area contributed by atoms with Crippen LogP contribution in [0.5, 0.6) is 0 Å². The smallest absolute Gasteiger partial charge is 0.0812 e. The lowest BCUT2D eigenvalue weighted by Crippen LogP contribution is -1.77. The summed E-state index contributed by atoms with van der Waals surface area (Å²) in [6.45, 7) is 0.121. The molecule has 3 heteroatoms. The molecule has 14 heavy (non-hydrogen) atoms. The molecule has 0 aliphatic heterocycles. The van der Waals surface area contributed by atoms with Gasteiger partial charge < -0.3 is 5.11 Å². The van der Waals surface area contributed by atoms with Crippen LogP contribution in [-0.4, -0.2) is 16.7 Å². The fourth-order valence-corrected chi connectivity index (χ4v) is 1.87. The maximum absolute atomic E-state index is 8.57. The highest BCUT2D eigenvalue weighted by molar-refractivity contribution is 7.16. The molecule has 2 nitrogen and oxygen atoms in total. The van der Waals surface area contributed by atoms with Gasteiger partial charge in [-0.25, -0.2) is 4.98 Å². The van der Waals surface area contributed by atoms with Crippen molar-refractivity contribution in [2.24, 2.45) is 0 Å². The summed E-state index contributed by atoms with van der Waals surface area (Å²) in [5, 5.41) is 8.57. The Morgan fingerprint density at radius 2 is 2.36 bits per heavy atom. The van der Waals surface area contributed by atoms with Crippen molar-refractivity contribution in [3.05, 3.63) is 29.3 Å². The summed E-state index contributed by atoms with van der Waals surface area (Å²) in [5.41, 5.74) is 3.83. The Morgan fingerprint density at radius 3 is 3.21 bits per heavy atom. The van der Waals surface area contributed by atoms with E-state index >= 15 is 0 Å². The van der Waals surface area contributed by atoms with E-state index in [0.717, 1.165) is 15.8 Å². The van der Waals surface area contributed by atoms with Gasteiger partial charge in [0.25, 0.3) is 0 Å². The quantitative estimate of drug-likeness (QED) is 0.719. The Kier molecular flexibility index (Phi) is 2.78. The number of hydrogen-bond donors (Lipinski definition) is 1. The third-order valence-corrected chi connectivity index (χ3v) is 2.59. The van der Waals surface area contributed by atoms with Gasteiger partial charge in [0.2, 0.25) is 0 Å². The van der Waals surface area contributed by atoms with Gasteiger partial charge in [-0.1, -0.05) is 11.8 Å². The summed E-state index contributed by atoms with van der Waals surface area (Å²) >= 11 is 1.61. The van der Waals surface area contributed by atoms with Gasteiger partial charge in [0.05, 0.1) is 22.3 Å². The molecule has 1 aromatic carbocycles. The molecule has 0 radical (unpaired) electrons. The van der Waals surface area contributed by atoms with Gasteiger partial charge in [0, 0.05) is 12.0 Å². The van der Waals surface area contributed by atoms with Gasteiger partial charge in [0.1, 0.15) is 0 Å². The highest BCUT2D eigenvalue weighted by Crippen LogP contribution is 2.18. The first kappa shape index (κ1) is 9.20. The fourth-order valence-electron chi connectivity index (χ4n) is 1.15. The molecule has 0 saturated heterocycles. The number of aromatic nitrogens is 1. The number of aliphatic hydroxyl groups excluding tert-OH is 1. The molecule has 0 saturated carbocycles. The van der Waals surface area contributed by atoms with Crippen LogP contribution in [0.3, 0.4) is 0 Å². The normalized spacial score (nSPS) is 9.79. The van der Waals surface area contributed by atoms with E-state index < -0.39 is 0 Å². The average Bonchev–Trinajstić information content (AvgIpc) is 2.65. The second-order valence-corrected chi connectivity index (χ2v) is 3.70. The minimum Gasteiger partial charge on any atom is -0.395 e. The second kappa shape index (κ2) is 4.23. The maximum Gasteiger partial charge on any atom is 0.0812 e. The first-order valence-corrected chi connectivity index (χ1v) is 5.21. The third-order valence-electron chi connectivity index (χ3n) is 1.80. The van der Waals surface area contributed by atoms with Crippen LogP contribution in [0.2, 0.25) is 0 Å². The number of thiazole rings is 1. The first-order valence-electron chi connectivity index (χ1n) is 4.33. The molecule has 2 aromatic rings. The molecular formula is C11H9NOS. The van der Waals surface area contributed by atoms with E-state index in [9.17, 15) is 0 Å². The monoisotopic (exact) mass is 203 g/mol. The van der Waals surface area contributed by atoms with E-state index in [0.29, 0.717) is 6.42 Å². The van der Waals surface area contributed by atoms with E-state index in [2.05, 4.69) is 16.8 Å². The second-order valence-electron chi connectivity index (χ2n) is 2.81. The molecule has 0 unspecified atom stereocenters. The number of hydrogen-bond acceptors (Lipinski definition) is 3. The Bertz CT molecular complexity index is 492. The fraction of sp³-hybridized carbons (Fsp3) is 0.182. The van der Waals surface area contributed by atoms with Gasteiger partial charge in [-0.05, 0) is 18.2 Å². The highest BCUT2D eigenvalue weighted by Gasteiger charge is 1.95. The van der Waals surface area contributed by atoms with Crippen molar-refractivity contribution >= 4 is 21.6 Å². The van der Waals surface area contributed by atoms with Crippen molar-refractivity contribution in [3.63, 3.8) is 0 Å². The van der Waals surface area contributed by atoms with E-state index in [-0.39, 0.29) is 6.61 Å². The van der Waals surface area contributed by atoms with Crippen LogP contribution in [-0.2, 0) is 0 Å². The number of benzene rings is 1. The molecule has 70 valence electrons. The minimum atomic E-state index is 0.121. The Labute approximate surface area is 86.2 Å². The Morgan fingerprint density at radius 1 is 1.43 bits per heavy atom. The van der Waals surface area contributed by atoms with Crippen molar-refractivity contribution in [2.75, 3.05) is 6.61 Å². The van der Waals surface area contributed by atoms with Crippen LogP contribution in [0, 0.1) is 11.8 Å². The van der Waals surface area contributed by atoms with Gasteiger partial charge in [-0.15, -0.1) is 11.3 Å². The lowest BCUT2D eigenvalue weighted by molar-refractivity contribution is 0.305. The van der Waals surface area contributed by atoms with E-state index in [1.807, 2.05) is 23.7 Å². The van der Waals surface area contributed by atoms with E-state index in [1.54, 1.807) is 11.3 Å². The van der Waals surface area contributed by atoms with Crippen LogP contribution in [0.15, 0.2) is 23.7 Å². The van der Waals surface area contributed by atoms with Crippen LogP contribution in [0.25, 0.3) is 10.2 Å². The number of nitrogens with zero attached hydrogens (tertiary/aromatic N) is 1. The summed E-state index contributed by atoms with van der Waals surface area (Å²) < 4.78 is 1.15. The maximum atomic E-state index is 8.57. The first-order chi connectivity index (χ1) is 6.90. The van der Waals surface area contributed by atoms with Crippen LogP contribution >= 0.6 is 11.3 Å². The average molecular weight is 203 g/mol. The predicted octanol–water partition coefficient (Wildman–Crippen LogP) is 2.03.